The summed E-state index contributed by atoms with van der Waals surface area (Å²) in [6.07, 6.45) is 3.32. The molecule has 0 atom stereocenters. The molecule has 0 saturated heterocycles. The Morgan fingerprint density at radius 2 is 1.67 bits per heavy atom. The summed E-state index contributed by atoms with van der Waals surface area (Å²) in [5.41, 5.74) is 0.327. The number of benzene rings is 1. The SMILES string of the molecule is CC(C)Oc1c(/C=C\c2ccccc2)c(=O)c1=O. The van der Waals surface area contributed by atoms with E-state index in [1.165, 1.54) is 0 Å². The monoisotopic (exact) mass is 242 g/mol. The molecule has 3 heteroatoms. The van der Waals surface area contributed by atoms with Crippen LogP contribution in [-0.2, 0) is 0 Å². The Bertz CT molecular complexity index is 629. The molecule has 0 amide bonds. The number of rotatable bonds is 4. The first-order valence-electron chi connectivity index (χ1n) is 5.82. The second-order valence-electron chi connectivity index (χ2n) is 4.31. The summed E-state index contributed by atoms with van der Waals surface area (Å²) >= 11 is 0. The molecule has 0 aliphatic carbocycles. The molecule has 0 aliphatic heterocycles. The topological polar surface area (TPSA) is 43.4 Å². The quantitative estimate of drug-likeness (QED) is 0.772. The van der Waals surface area contributed by atoms with Crippen molar-refractivity contribution in [2.45, 2.75) is 20.0 Å². The molecule has 0 N–H and O–H groups in total. The zero-order valence-corrected chi connectivity index (χ0v) is 10.3. The molecule has 2 aromatic rings. The van der Waals surface area contributed by atoms with Crippen LogP contribution in [-0.4, -0.2) is 6.10 Å². The van der Waals surface area contributed by atoms with Gasteiger partial charge in [-0.05, 0) is 25.5 Å². The standard InChI is InChI=1S/C15H14O3/c1-10(2)18-15-12(13(16)14(15)17)9-8-11-6-4-3-5-7-11/h3-10H,1-2H3/b9-8-. The third-order valence-electron chi connectivity index (χ3n) is 2.50. The van der Waals surface area contributed by atoms with Crippen molar-refractivity contribution in [3.05, 3.63) is 61.9 Å². The van der Waals surface area contributed by atoms with Crippen molar-refractivity contribution in [3.63, 3.8) is 0 Å². The highest BCUT2D eigenvalue weighted by Crippen LogP contribution is 2.16. The predicted octanol–water partition coefficient (Wildman–Crippen LogP) is 2.24. The van der Waals surface area contributed by atoms with Gasteiger partial charge in [-0.1, -0.05) is 36.4 Å². The van der Waals surface area contributed by atoms with Crippen LogP contribution in [0.25, 0.3) is 12.2 Å². The summed E-state index contributed by atoms with van der Waals surface area (Å²) in [6, 6.07) is 9.58. The van der Waals surface area contributed by atoms with Crippen LogP contribution < -0.4 is 15.6 Å². The van der Waals surface area contributed by atoms with Gasteiger partial charge in [0.2, 0.25) is 5.43 Å². The van der Waals surface area contributed by atoms with Crippen LogP contribution >= 0.6 is 0 Å². The molecule has 0 spiro atoms. The molecular formula is C15H14O3. The molecule has 0 bridgehead atoms. The molecule has 0 unspecified atom stereocenters. The van der Waals surface area contributed by atoms with E-state index < -0.39 is 10.9 Å². The number of hydrogen-bond acceptors (Lipinski definition) is 3. The first-order chi connectivity index (χ1) is 8.59. The van der Waals surface area contributed by atoms with Crippen molar-refractivity contribution < 1.29 is 4.74 Å². The van der Waals surface area contributed by atoms with E-state index in [-0.39, 0.29) is 11.9 Å². The summed E-state index contributed by atoms with van der Waals surface area (Å²) < 4.78 is 5.33. The van der Waals surface area contributed by atoms with E-state index >= 15 is 0 Å². The first-order valence-corrected chi connectivity index (χ1v) is 5.82. The van der Waals surface area contributed by atoms with Crippen molar-refractivity contribution >= 4 is 12.2 Å². The fraction of sp³-hybridized carbons (Fsp3) is 0.200. The van der Waals surface area contributed by atoms with Crippen LogP contribution in [0.1, 0.15) is 25.0 Å². The Morgan fingerprint density at radius 3 is 2.28 bits per heavy atom. The Labute approximate surface area is 105 Å². The normalized spacial score (nSPS) is 11.5. The van der Waals surface area contributed by atoms with Gasteiger partial charge in [0.05, 0.1) is 11.7 Å². The minimum absolute atomic E-state index is 0.114. The van der Waals surface area contributed by atoms with E-state index in [9.17, 15) is 9.59 Å². The van der Waals surface area contributed by atoms with Gasteiger partial charge in [0, 0.05) is 0 Å². The van der Waals surface area contributed by atoms with Gasteiger partial charge < -0.3 is 4.74 Å². The van der Waals surface area contributed by atoms with Gasteiger partial charge in [-0.25, -0.2) is 0 Å². The minimum Gasteiger partial charge on any atom is -0.486 e. The van der Waals surface area contributed by atoms with Gasteiger partial charge in [0.1, 0.15) is 0 Å². The second-order valence-corrected chi connectivity index (χ2v) is 4.31. The summed E-state index contributed by atoms with van der Waals surface area (Å²) in [5, 5.41) is 0. The van der Waals surface area contributed by atoms with Crippen molar-refractivity contribution in [3.8, 4) is 5.75 Å². The molecule has 2 aromatic carbocycles. The van der Waals surface area contributed by atoms with Gasteiger partial charge >= 0.3 is 0 Å². The Kier molecular flexibility index (Phi) is 3.42. The van der Waals surface area contributed by atoms with E-state index in [1.54, 1.807) is 12.2 Å². The van der Waals surface area contributed by atoms with Gasteiger partial charge in [0.25, 0.3) is 5.43 Å². The zero-order valence-electron chi connectivity index (χ0n) is 10.3. The van der Waals surface area contributed by atoms with E-state index in [2.05, 4.69) is 0 Å². The minimum atomic E-state index is -0.531. The van der Waals surface area contributed by atoms with Gasteiger partial charge in [-0.15, -0.1) is 0 Å². The molecule has 0 fully saturated rings. The lowest BCUT2D eigenvalue weighted by atomic mass is 10.1. The van der Waals surface area contributed by atoms with Crippen molar-refractivity contribution in [2.24, 2.45) is 0 Å². The van der Waals surface area contributed by atoms with Crippen molar-refractivity contribution in [2.75, 3.05) is 0 Å². The van der Waals surface area contributed by atoms with Crippen LogP contribution in [0.3, 0.4) is 0 Å². The lowest BCUT2D eigenvalue weighted by molar-refractivity contribution is 0.236. The fourth-order valence-electron chi connectivity index (χ4n) is 1.64. The van der Waals surface area contributed by atoms with Crippen molar-refractivity contribution in [1.82, 2.24) is 0 Å². The van der Waals surface area contributed by atoms with Crippen LogP contribution in [0.4, 0.5) is 0 Å². The van der Waals surface area contributed by atoms with E-state index in [0.717, 1.165) is 5.56 Å². The number of hydrogen-bond donors (Lipinski definition) is 0. The van der Waals surface area contributed by atoms with E-state index in [4.69, 9.17) is 4.74 Å². The van der Waals surface area contributed by atoms with Crippen molar-refractivity contribution in [1.29, 1.82) is 0 Å². The highest BCUT2D eigenvalue weighted by atomic mass is 16.5. The van der Waals surface area contributed by atoms with Crippen LogP contribution in [0.15, 0.2) is 39.9 Å². The van der Waals surface area contributed by atoms with E-state index in [0.29, 0.717) is 5.56 Å². The molecular weight excluding hydrogens is 228 g/mol. The molecule has 3 nitrogen and oxygen atoms in total. The lowest BCUT2D eigenvalue weighted by Gasteiger charge is -2.12. The maximum absolute atomic E-state index is 11.4. The first kappa shape index (κ1) is 12.3. The number of ether oxygens (including phenoxy) is 1. The maximum Gasteiger partial charge on any atom is 0.268 e. The zero-order chi connectivity index (χ0) is 13.1. The second kappa shape index (κ2) is 5.00. The van der Waals surface area contributed by atoms with Crippen LogP contribution in [0.5, 0.6) is 5.75 Å². The highest BCUT2D eigenvalue weighted by molar-refractivity contribution is 5.74. The predicted molar refractivity (Wildman–Crippen MR) is 72.5 cm³/mol. The Balaban J connectivity index is 2.25. The molecule has 0 saturated carbocycles. The average Bonchev–Trinajstić information content (AvgIpc) is 2.38. The summed E-state index contributed by atoms with van der Waals surface area (Å²) in [4.78, 5) is 22.8. The molecule has 0 aromatic heterocycles. The Hall–Kier alpha value is -2.16. The van der Waals surface area contributed by atoms with Crippen LogP contribution in [0, 0.1) is 0 Å². The maximum atomic E-state index is 11.4. The molecule has 0 aliphatic rings. The third kappa shape index (κ3) is 2.40. The average molecular weight is 242 g/mol. The molecule has 2 rings (SSSR count). The van der Waals surface area contributed by atoms with Gasteiger partial charge in [-0.3, -0.25) is 9.59 Å². The van der Waals surface area contributed by atoms with E-state index in [1.807, 2.05) is 44.2 Å². The molecule has 18 heavy (non-hydrogen) atoms. The smallest absolute Gasteiger partial charge is 0.268 e. The molecule has 0 radical (unpaired) electrons. The fourth-order valence-corrected chi connectivity index (χ4v) is 1.64. The molecule has 92 valence electrons. The summed E-state index contributed by atoms with van der Waals surface area (Å²) in [5.74, 6) is 0.183. The summed E-state index contributed by atoms with van der Waals surface area (Å²) in [7, 11) is 0. The Morgan fingerprint density at radius 1 is 1.00 bits per heavy atom. The highest BCUT2D eigenvalue weighted by Gasteiger charge is 2.20. The molecule has 0 heterocycles. The summed E-state index contributed by atoms with van der Waals surface area (Å²) in [6.45, 7) is 3.64. The third-order valence-corrected chi connectivity index (χ3v) is 2.50. The van der Waals surface area contributed by atoms with Gasteiger partial charge in [0.15, 0.2) is 5.75 Å². The van der Waals surface area contributed by atoms with Gasteiger partial charge in [-0.2, -0.15) is 0 Å². The van der Waals surface area contributed by atoms with Crippen LogP contribution in [0.2, 0.25) is 0 Å². The lowest BCUT2D eigenvalue weighted by Crippen LogP contribution is -2.36. The largest absolute Gasteiger partial charge is 0.486 e.